The van der Waals surface area contributed by atoms with Crippen molar-refractivity contribution in [1.82, 2.24) is 5.32 Å². The molecule has 0 radical (unpaired) electrons. The quantitative estimate of drug-likeness (QED) is 0.626. The molecule has 0 saturated heterocycles. The van der Waals surface area contributed by atoms with Crippen molar-refractivity contribution in [3.05, 3.63) is 24.4 Å². The van der Waals surface area contributed by atoms with Crippen LogP contribution >= 0.6 is 0 Å². The molecule has 62 valence electrons. The van der Waals surface area contributed by atoms with E-state index < -0.39 is 0 Å². The minimum atomic E-state index is 1.04. The molecule has 1 aliphatic rings. The molecule has 0 aromatic heterocycles. The highest BCUT2D eigenvalue weighted by molar-refractivity contribution is 5.00. The number of unbranched alkanes of at least 4 members (excludes halogenated alkanes) is 2. The van der Waals surface area contributed by atoms with Gasteiger partial charge in [0.25, 0.3) is 0 Å². The molecule has 1 rings (SSSR count). The zero-order chi connectivity index (χ0) is 7.94. The Morgan fingerprint density at radius 1 is 1.45 bits per heavy atom. The van der Waals surface area contributed by atoms with Crippen molar-refractivity contribution in [3.8, 4) is 0 Å². The predicted molar refractivity (Wildman–Crippen MR) is 45.6 cm³/mol. The Kier molecular flexibility index (Phi) is 3.59. The Bertz CT molecular complexity index is 161. The Hall–Kier alpha value is -0.920. The summed E-state index contributed by atoms with van der Waals surface area (Å²) in [4.78, 5) is 0. The van der Waals surface area contributed by atoms with Crippen molar-refractivity contribution in [1.29, 1.82) is 0 Å². The van der Waals surface area contributed by atoms with Crippen LogP contribution in [-0.4, -0.2) is 0 Å². The molecule has 2 heteroatoms. The third kappa shape index (κ3) is 3.12. The van der Waals surface area contributed by atoms with Crippen molar-refractivity contribution < 1.29 is 4.74 Å². The molecule has 0 aliphatic carbocycles. The summed E-state index contributed by atoms with van der Waals surface area (Å²) < 4.78 is 5.24. The van der Waals surface area contributed by atoms with Crippen LogP contribution in [0.15, 0.2) is 24.4 Å². The van der Waals surface area contributed by atoms with E-state index in [1.54, 1.807) is 12.5 Å². The smallest absolute Gasteiger partial charge is 0.119 e. The molecular weight excluding hydrogens is 138 g/mol. The lowest BCUT2D eigenvalue weighted by Gasteiger charge is -2.09. The highest BCUT2D eigenvalue weighted by Crippen LogP contribution is 2.11. The zero-order valence-electron chi connectivity index (χ0n) is 6.97. The van der Waals surface area contributed by atoms with Crippen LogP contribution in [0.5, 0.6) is 0 Å². The van der Waals surface area contributed by atoms with Gasteiger partial charge in [-0.15, -0.1) is 0 Å². The summed E-state index contributed by atoms with van der Waals surface area (Å²) in [5, 5.41) is 2.99. The monoisotopic (exact) mass is 153 g/mol. The number of nitrogens with one attached hydrogen (secondary N) is 1. The van der Waals surface area contributed by atoms with Crippen LogP contribution in [-0.2, 0) is 4.74 Å². The molecule has 0 spiro atoms. The van der Waals surface area contributed by atoms with Crippen LogP contribution in [0.4, 0.5) is 0 Å². The van der Waals surface area contributed by atoms with Crippen molar-refractivity contribution in [2.75, 3.05) is 0 Å². The second-order valence-electron chi connectivity index (χ2n) is 2.66. The minimum Gasteiger partial charge on any atom is -0.466 e. The van der Waals surface area contributed by atoms with Gasteiger partial charge in [-0.2, -0.15) is 0 Å². The third-order valence-corrected chi connectivity index (χ3v) is 1.65. The molecule has 0 atom stereocenters. The van der Waals surface area contributed by atoms with E-state index in [9.17, 15) is 0 Å². The van der Waals surface area contributed by atoms with E-state index in [1.165, 1.54) is 19.3 Å². The first-order valence-corrected chi connectivity index (χ1v) is 4.20. The molecule has 0 amide bonds. The predicted octanol–water partition coefficient (Wildman–Crippen LogP) is 2.50. The summed E-state index contributed by atoms with van der Waals surface area (Å²) in [5.74, 6) is 1.04. The van der Waals surface area contributed by atoms with E-state index in [1.807, 2.05) is 6.20 Å². The fourth-order valence-corrected chi connectivity index (χ4v) is 1.02. The van der Waals surface area contributed by atoms with Crippen LogP contribution in [0.2, 0.25) is 0 Å². The van der Waals surface area contributed by atoms with Gasteiger partial charge in [-0.3, -0.25) is 0 Å². The normalized spacial score (nSPS) is 15.2. The lowest BCUT2D eigenvalue weighted by atomic mass is 10.2. The molecule has 1 aliphatic heterocycles. The standard InChI is InChI=1S/C9H15NO/c1-2-3-4-5-9-8-10-6-7-11-9/h6-8,10H,2-5H2,1H3. The zero-order valence-corrected chi connectivity index (χ0v) is 6.97. The fourth-order valence-electron chi connectivity index (χ4n) is 1.02. The van der Waals surface area contributed by atoms with Gasteiger partial charge in [0, 0.05) is 18.8 Å². The highest BCUT2D eigenvalue weighted by atomic mass is 16.5. The number of ether oxygens (including phenoxy) is 1. The Balaban J connectivity index is 2.11. The largest absolute Gasteiger partial charge is 0.466 e. The molecular formula is C9H15NO. The van der Waals surface area contributed by atoms with Crippen molar-refractivity contribution in [2.24, 2.45) is 0 Å². The van der Waals surface area contributed by atoms with Crippen LogP contribution in [0.3, 0.4) is 0 Å². The second kappa shape index (κ2) is 4.83. The maximum atomic E-state index is 5.24. The van der Waals surface area contributed by atoms with Gasteiger partial charge in [-0.05, 0) is 6.42 Å². The Labute approximate surface area is 67.9 Å². The first kappa shape index (κ1) is 8.18. The van der Waals surface area contributed by atoms with E-state index in [0.29, 0.717) is 0 Å². The van der Waals surface area contributed by atoms with Gasteiger partial charge in [-0.1, -0.05) is 19.8 Å². The van der Waals surface area contributed by atoms with Crippen LogP contribution < -0.4 is 5.32 Å². The van der Waals surface area contributed by atoms with E-state index in [-0.39, 0.29) is 0 Å². The van der Waals surface area contributed by atoms with Gasteiger partial charge < -0.3 is 10.1 Å². The summed E-state index contributed by atoms with van der Waals surface area (Å²) in [6, 6.07) is 0. The molecule has 0 unspecified atom stereocenters. The van der Waals surface area contributed by atoms with Gasteiger partial charge in [0.2, 0.25) is 0 Å². The molecule has 11 heavy (non-hydrogen) atoms. The molecule has 0 aromatic rings. The van der Waals surface area contributed by atoms with Gasteiger partial charge in [0.15, 0.2) is 0 Å². The number of hydrogen-bond acceptors (Lipinski definition) is 2. The summed E-state index contributed by atoms with van der Waals surface area (Å²) in [5.41, 5.74) is 0. The van der Waals surface area contributed by atoms with Crippen molar-refractivity contribution in [3.63, 3.8) is 0 Å². The van der Waals surface area contributed by atoms with E-state index >= 15 is 0 Å². The van der Waals surface area contributed by atoms with Crippen molar-refractivity contribution in [2.45, 2.75) is 32.6 Å². The van der Waals surface area contributed by atoms with Gasteiger partial charge in [-0.25, -0.2) is 0 Å². The maximum Gasteiger partial charge on any atom is 0.119 e. The van der Waals surface area contributed by atoms with Gasteiger partial charge in [0.05, 0.1) is 0 Å². The summed E-state index contributed by atoms with van der Waals surface area (Å²) >= 11 is 0. The lowest BCUT2D eigenvalue weighted by Crippen LogP contribution is -2.02. The van der Waals surface area contributed by atoms with Crippen LogP contribution in [0.1, 0.15) is 32.6 Å². The highest BCUT2D eigenvalue weighted by Gasteiger charge is 1.98. The van der Waals surface area contributed by atoms with E-state index in [0.717, 1.165) is 12.2 Å². The average molecular weight is 153 g/mol. The average Bonchev–Trinajstić information content (AvgIpc) is 2.07. The third-order valence-electron chi connectivity index (χ3n) is 1.65. The first-order chi connectivity index (χ1) is 5.43. The second-order valence-corrected chi connectivity index (χ2v) is 2.66. The Morgan fingerprint density at radius 3 is 3.00 bits per heavy atom. The fraction of sp³-hybridized carbons (Fsp3) is 0.556. The maximum absolute atomic E-state index is 5.24. The molecule has 0 bridgehead atoms. The van der Waals surface area contributed by atoms with E-state index in [2.05, 4.69) is 12.2 Å². The summed E-state index contributed by atoms with van der Waals surface area (Å²) in [7, 11) is 0. The summed E-state index contributed by atoms with van der Waals surface area (Å²) in [6.07, 6.45) is 10.2. The SMILES string of the molecule is CCCCCC1=CNC=CO1. The number of allylic oxidation sites excluding steroid dienone is 1. The molecule has 1 heterocycles. The van der Waals surface area contributed by atoms with Crippen LogP contribution in [0, 0.1) is 0 Å². The van der Waals surface area contributed by atoms with Crippen molar-refractivity contribution >= 4 is 0 Å². The molecule has 2 nitrogen and oxygen atoms in total. The first-order valence-electron chi connectivity index (χ1n) is 4.20. The van der Waals surface area contributed by atoms with Gasteiger partial charge in [0.1, 0.15) is 12.0 Å². The van der Waals surface area contributed by atoms with Gasteiger partial charge >= 0.3 is 0 Å². The summed E-state index contributed by atoms with van der Waals surface area (Å²) in [6.45, 7) is 2.20. The molecule has 0 aromatic carbocycles. The number of rotatable bonds is 4. The minimum absolute atomic E-state index is 1.04. The molecule has 0 saturated carbocycles. The molecule has 0 fully saturated rings. The Morgan fingerprint density at radius 2 is 2.36 bits per heavy atom. The molecule has 1 N–H and O–H groups in total. The number of hydrogen-bond donors (Lipinski definition) is 1. The van der Waals surface area contributed by atoms with Crippen LogP contribution in [0.25, 0.3) is 0 Å². The lowest BCUT2D eigenvalue weighted by molar-refractivity contribution is 0.316. The van der Waals surface area contributed by atoms with E-state index in [4.69, 9.17) is 4.74 Å². The topological polar surface area (TPSA) is 21.3 Å².